The molecule has 0 unspecified atom stereocenters. The zero-order valence-corrected chi connectivity index (χ0v) is 8.28. The van der Waals surface area contributed by atoms with Crippen molar-refractivity contribution < 1.29 is 19.5 Å². The minimum absolute atomic E-state index is 0.0545. The summed E-state index contributed by atoms with van der Waals surface area (Å²) in [5.74, 6) is -1.51. The van der Waals surface area contributed by atoms with Crippen molar-refractivity contribution in [2.45, 2.75) is 6.42 Å². The maximum Gasteiger partial charge on any atom is 0.309 e. The second kappa shape index (κ2) is 8.95. The number of aliphatic hydroxyl groups is 1. The zero-order valence-electron chi connectivity index (χ0n) is 8.28. The predicted octanol–water partition coefficient (Wildman–Crippen LogP) is -2.65. The Morgan fingerprint density at radius 2 is 1.67 bits per heavy atom. The maximum atomic E-state index is 11.0. The predicted molar refractivity (Wildman–Crippen MR) is 51.8 cm³/mol. The number of hydrogen-bond acceptors (Lipinski definition) is 4. The SMILES string of the molecule is O=CNCCCNC(=O)C(=O)NCCO. The highest BCUT2D eigenvalue weighted by atomic mass is 16.3. The highest BCUT2D eigenvalue weighted by Crippen LogP contribution is 1.74. The van der Waals surface area contributed by atoms with Crippen molar-refractivity contribution in [3.8, 4) is 0 Å². The first kappa shape index (κ1) is 13.4. The first-order chi connectivity index (χ1) is 7.22. The van der Waals surface area contributed by atoms with Crippen molar-refractivity contribution in [3.05, 3.63) is 0 Å². The summed E-state index contributed by atoms with van der Waals surface area (Å²) in [5.41, 5.74) is 0. The molecule has 0 spiro atoms. The Kier molecular flexibility index (Phi) is 7.97. The molecule has 0 bridgehead atoms. The van der Waals surface area contributed by atoms with Crippen LogP contribution in [0.15, 0.2) is 0 Å². The van der Waals surface area contributed by atoms with E-state index in [1.807, 2.05) is 0 Å². The van der Waals surface area contributed by atoms with Gasteiger partial charge in [0, 0.05) is 19.6 Å². The van der Waals surface area contributed by atoms with Crippen LogP contribution in [0, 0.1) is 0 Å². The summed E-state index contributed by atoms with van der Waals surface area (Å²) >= 11 is 0. The van der Waals surface area contributed by atoms with Gasteiger partial charge in [-0.05, 0) is 6.42 Å². The van der Waals surface area contributed by atoms with E-state index in [-0.39, 0.29) is 13.2 Å². The summed E-state index contributed by atoms with van der Waals surface area (Å²) in [6.45, 7) is 0.607. The van der Waals surface area contributed by atoms with E-state index in [0.29, 0.717) is 25.9 Å². The third-order valence-corrected chi connectivity index (χ3v) is 1.47. The quantitative estimate of drug-likeness (QED) is 0.212. The molecule has 4 N–H and O–H groups in total. The first-order valence-electron chi connectivity index (χ1n) is 4.56. The van der Waals surface area contributed by atoms with Crippen LogP contribution in [-0.2, 0) is 14.4 Å². The molecule has 7 heteroatoms. The van der Waals surface area contributed by atoms with E-state index in [1.165, 1.54) is 0 Å². The molecule has 0 saturated carbocycles. The molecule has 0 rings (SSSR count). The molecular weight excluding hydrogens is 202 g/mol. The van der Waals surface area contributed by atoms with Crippen LogP contribution in [0.1, 0.15) is 6.42 Å². The lowest BCUT2D eigenvalue weighted by molar-refractivity contribution is -0.139. The van der Waals surface area contributed by atoms with E-state index < -0.39 is 11.8 Å². The van der Waals surface area contributed by atoms with Crippen LogP contribution in [-0.4, -0.2) is 49.6 Å². The lowest BCUT2D eigenvalue weighted by Crippen LogP contribution is -2.41. The fraction of sp³-hybridized carbons (Fsp3) is 0.625. The molecule has 0 aliphatic carbocycles. The fourth-order valence-corrected chi connectivity index (χ4v) is 0.781. The van der Waals surface area contributed by atoms with Gasteiger partial charge < -0.3 is 21.1 Å². The standard InChI is InChI=1S/C8H15N3O4/c12-5-4-11-8(15)7(14)10-3-1-2-9-6-13/h6,12H,1-5H2,(H,9,13)(H,10,14)(H,11,15). The van der Waals surface area contributed by atoms with E-state index in [9.17, 15) is 14.4 Å². The molecule has 0 aliphatic heterocycles. The van der Waals surface area contributed by atoms with Crippen molar-refractivity contribution in [2.75, 3.05) is 26.2 Å². The van der Waals surface area contributed by atoms with Crippen LogP contribution >= 0.6 is 0 Å². The molecule has 7 nitrogen and oxygen atoms in total. The lowest BCUT2D eigenvalue weighted by atomic mass is 10.4. The molecular formula is C8H15N3O4. The van der Waals surface area contributed by atoms with Gasteiger partial charge in [0.1, 0.15) is 0 Å². The van der Waals surface area contributed by atoms with Gasteiger partial charge >= 0.3 is 11.8 Å². The van der Waals surface area contributed by atoms with Gasteiger partial charge in [0.15, 0.2) is 0 Å². The molecule has 15 heavy (non-hydrogen) atoms. The highest BCUT2D eigenvalue weighted by Gasteiger charge is 2.10. The normalized spacial score (nSPS) is 9.13. The van der Waals surface area contributed by atoms with Crippen molar-refractivity contribution in [2.24, 2.45) is 0 Å². The van der Waals surface area contributed by atoms with Crippen molar-refractivity contribution >= 4 is 18.2 Å². The summed E-state index contributed by atoms with van der Waals surface area (Å²) in [6, 6.07) is 0. The number of carbonyl (C=O) groups is 3. The Hall–Kier alpha value is -1.63. The smallest absolute Gasteiger partial charge is 0.309 e. The van der Waals surface area contributed by atoms with Crippen LogP contribution in [0.4, 0.5) is 0 Å². The van der Waals surface area contributed by atoms with Gasteiger partial charge in [0.25, 0.3) is 0 Å². The molecule has 0 aromatic rings. The topological polar surface area (TPSA) is 108 Å². The number of aliphatic hydroxyl groups excluding tert-OH is 1. The first-order valence-corrected chi connectivity index (χ1v) is 4.56. The van der Waals surface area contributed by atoms with E-state index in [0.717, 1.165) is 0 Å². The molecule has 0 aromatic carbocycles. The molecule has 3 amide bonds. The fourth-order valence-electron chi connectivity index (χ4n) is 0.781. The minimum atomic E-state index is -0.771. The summed E-state index contributed by atoms with van der Waals surface area (Å²) in [7, 11) is 0. The number of hydrogen-bond donors (Lipinski definition) is 4. The summed E-state index contributed by atoms with van der Waals surface area (Å²) in [6.07, 6.45) is 1.12. The van der Waals surface area contributed by atoms with Gasteiger partial charge in [-0.3, -0.25) is 14.4 Å². The van der Waals surface area contributed by atoms with E-state index in [1.54, 1.807) is 0 Å². The van der Waals surface area contributed by atoms with Crippen molar-refractivity contribution in [1.82, 2.24) is 16.0 Å². The molecule has 0 atom stereocenters. The van der Waals surface area contributed by atoms with Gasteiger partial charge in [-0.25, -0.2) is 0 Å². The van der Waals surface area contributed by atoms with Crippen LogP contribution in [0.25, 0.3) is 0 Å². The Morgan fingerprint density at radius 3 is 2.20 bits per heavy atom. The molecule has 0 aromatic heterocycles. The Morgan fingerprint density at radius 1 is 1.07 bits per heavy atom. The highest BCUT2D eigenvalue weighted by molar-refractivity contribution is 6.35. The number of carbonyl (C=O) groups excluding carboxylic acids is 3. The molecule has 86 valence electrons. The van der Waals surface area contributed by atoms with Crippen LogP contribution < -0.4 is 16.0 Å². The molecule has 0 heterocycles. The molecule has 0 aliphatic rings. The summed E-state index contributed by atoms with van der Waals surface area (Å²) in [4.78, 5) is 31.7. The zero-order chi connectivity index (χ0) is 11.5. The minimum Gasteiger partial charge on any atom is -0.395 e. The second-order valence-corrected chi connectivity index (χ2v) is 2.66. The van der Waals surface area contributed by atoms with E-state index in [2.05, 4.69) is 16.0 Å². The molecule has 0 saturated heterocycles. The Balaban J connectivity index is 3.47. The third-order valence-electron chi connectivity index (χ3n) is 1.47. The Labute approximate surface area is 87.2 Å². The number of nitrogens with one attached hydrogen (secondary N) is 3. The van der Waals surface area contributed by atoms with Gasteiger partial charge in [0.05, 0.1) is 6.61 Å². The van der Waals surface area contributed by atoms with E-state index >= 15 is 0 Å². The van der Waals surface area contributed by atoms with Crippen molar-refractivity contribution in [1.29, 1.82) is 0 Å². The van der Waals surface area contributed by atoms with Gasteiger partial charge in [0.2, 0.25) is 6.41 Å². The summed E-state index contributed by atoms with van der Waals surface area (Å²) in [5, 5.41) is 15.4. The summed E-state index contributed by atoms with van der Waals surface area (Å²) < 4.78 is 0. The molecule has 0 fully saturated rings. The van der Waals surface area contributed by atoms with Crippen LogP contribution in [0.3, 0.4) is 0 Å². The number of rotatable bonds is 7. The number of amides is 3. The van der Waals surface area contributed by atoms with Gasteiger partial charge in [-0.15, -0.1) is 0 Å². The van der Waals surface area contributed by atoms with E-state index in [4.69, 9.17) is 5.11 Å². The van der Waals surface area contributed by atoms with Gasteiger partial charge in [-0.2, -0.15) is 0 Å². The average molecular weight is 217 g/mol. The second-order valence-electron chi connectivity index (χ2n) is 2.66. The molecule has 0 radical (unpaired) electrons. The maximum absolute atomic E-state index is 11.0. The van der Waals surface area contributed by atoms with Crippen LogP contribution in [0.5, 0.6) is 0 Å². The largest absolute Gasteiger partial charge is 0.395 e. The van der Waals surface area contributed by atoms with Gasteiger partial charge in [-0.1, -0.05) is 0 Å². The third kappa shape index (κ3) is 7.44. The van der Waals surface area contributed by atoms with Crippen molar-refractivity contribution in [3.63, 3.8) is 0 Å². The Bertz CT molecular complexity index is 220. The van der Waals surface area contributed by atoms with Crippen LogP contribution in [0.2, 0.25) is 0 Å². The monoisotopic (exact) mass is 217 g/mol. The lowest BCUT2D eigenvalue weighted by Gasteiger charge is -2.04. The average Bonchev–Trinajstić information content (AvgIpc) is 2.25.